The highest BCUT2D eigenvalue weighted by Crippen LogP contribution is 2.21. The molecule has 0 aliphatic carbocycles. The van der Waals surface area contributed by atoms with Crippen molar-refractivity contribution in [2.75, 3.05) is 66.1 Å². The van der Waals surface area contributed by atoms with Crippen LogP contribution in [0.15, 0.2) is 29.3 Å². The number of likely N-dealkylation sites (N-methyl/N-ethyl adjacent to an activating group) is 1. The quantitative estimate of drug-likeness (QED) is 0.282. The topological polar surface area (TPSA) is 52.1 Å². The summed E-state index contributed by atoms with van der Waals surface area (Å²) in [5.74, 6) is 0.593. The highest BCUT2D eigenvalue weighted by atomic mass is 127. The third kappa shape index (κ3) is 9.15. The predicted octanol–water partition coefficient (Wildman–Crippen LogP) is 2.71. The van der Waals surface area contributed by atoms with E-state index in [9.17, 15) is 4.39 Å². The van der Waals surface area contributed by atoms with E-state index in [2.05, 4.69) is 39.3 Å². The molecule has 1 unspecified atom stereocenters. The van der Waals surface area contributed by atoms with Crippen LogP contribution >= 0.6 is 24.0 Å². The average molecular weight is 521 g/mol. The number of morpholine rings is 1. The first-order valence-electron chi connectivity index (χ1n) is 10.4. The molecule has 0 saturated carbocycles. The Morgan fingerprint density at radius 1 is 1.17 bits per heavy atom. The largest absolute Gasteiger partial charge is 0.379 e. The summed E-state index contributed by atoms with van der Waals surface area (Å²) >= 11 is 0. The van der Waals surface area contributed by atoms with Crippen molar-refractivity contribution in [3.63, 3.8) is 0 Å². The van der Waals surface area contributed by atoms with Gasteiger partial charge in [-0.3, -0.25) is 9.89 Å². The molecule has 2 N–H and O–H groups in total. The fraction of sp³-hybridized carbons (Fsp3) is 0.667. The molecule has 2 rings (SSSR count). The normalized spacial score (nSPS) is 16.4. The minimum atomic E-state index is -0.206. The third-order valence-corrected chi connectivity index (χ3v) is 5.14. The summed E-state index contributed by atoms with van der Waals surface area (Å²) in [4.78, 5) is 9.17. The fourth-order valence-corrected chi connectivity index (χ4v) is 3.52. The molecular weight excluding hydrogens is 484 g/mol. The van der Waals surface area contributed by atoms with E-state index in [-0.39, 0.29) is 35.8 Å². The van der Waals surface area contributed by atoms with Crippen LogP contribution in [0, 0.1) is 5.82 Å². The van der Waals surface area contributed by atoms with Crippen molar-refractivity contribution in [2.45, 2.75) is 26.3 Å². The van der Waals surface area contributed by atoms with Gasteiger partial charge in [0.05, 0.1) is 19.3 Å². The average Bonchev–Trinajstić information content (AvgIpc) is 2.73. The molecule has 1 aromatic carbocycles. The van der Waals surface area contributed by atoms with Crippen LogP contribution in [0.4, 0.5) is 4.39 Å². The van der Waals surface area contributed by atoms with Gasteiger partial charge >= 0.3 is 0 Å². The van der Waals surface area contributed by atoms with Gasteiger partial charge in [-0.05, 0) is 37.2 Å². The molecule has 1 aliphatic rings. The number of ether oxygens (including phenoxy) is 1. The molecular formula is C21H37FIN5O. The zero-order valence-corrected chi connectivity index (χ0v) is 20.3. The Labute approximate surface area is 192 Å². The summed E-state index contributed by atoms with van der Waals surface area (Å²) in [7, 11) is 1.79. The maximum absolute atomic E-state index is 13.4. The van der Waals surface area contributed by atoms with Crippen LogP contribution < -0.4 is 10.6 Å². The van der Waals surface area contributed by atoms with Gasteiger partial charge in [0.1, 0.15) is 5.82 Å². The lowest BCUT2D eigenvalue weighted by atomic mass is 10.0. The molecule has 1 aliphatic heterocycles. The number of guanidine groups is 1. The first-order valence-corrected chi connectivity index (χ1v) is 10.4. The number of aliphatic imine (C=N–C) groups is 1. The lowest BCUT2D eigenvalue weighted by molar-refractivity contribution is 0.0170. The monoisotopic (exact) mass is 521 g/mol. The van der Waals surface area contributed by atoms with E-state index in [0.29, 0.717) is 6.54 Å². The highest BCUT2D eigenvalue weighted by Gasteiger charge is 2.23. The molecule has 8 heteroatoms. The van der Waals surface area contributed by atoms with Crippen molar-refractivity contribution < 1.29 is 9.13 Å². The second kappa shape index (κ2) is 14.9. The van der Waals surface area contributed by atoms with Crippen LogP contribution in [-0.4, -0.2) is 81.8 Å². The molecule has 0 spiro atoms. The van der Waals surface area contributed by atoms with Gasteiger partial charge in [-0.25, -0.2) is 4.39 Å². The molecule has 1 saturated heterocycles. The number of hydrogen-bond donors (Lipinski definition) is 2. The molecule has 1 heterocycles. The van der Waals surface area contributed by atoms with Gasteiger partial charge in [-0.1, -0.05) is 26.0 Å². The second-order valence-electron chi connectivity index (χ2n) is 7.03. The number of halogens is 2. The number of nitrogens with zero attached hydrogens (tertiary/aromatic N) is 3. The van der Waals surface area contributed by atoms with E-state index in [1.165, 1.54) is 18.6 Å². The Kier molecular flexibility index (Phi) is 13.4. The second-order valence-corrected chi connectivity index (χ2v) is 7.03. The Balaban J connectivity index is 0.00000420. The van der Waals surface area contributed by atoms with E-state index < -0.39 is 0 Å². The van der Waals surface area contributed by atoms with Crippen molar-refractivity contribution in [2.24, 2.45) is 4.99 Å². The number of benzene rings is 1. The molecule has 1 fully saturated rings. The molecule has 0 bridgehead atoms. The van der Waals surface area contributed by atoms with Crippen molar-refractivity contribution >= 4 is 29.9 Å². The van der Waals surface area contributed by atoms with Gasteiger partial charge in [0.25, 0.3) is 0 Å². The maximum atomic E-state index is 13.4. The Morgan fingerprint density at radius 3 is 2.45 bits per heavy atom. The van der Waals surface area contributed by atoms with Crippen LogP contribution in [0.25, 0.3) is 0 Å². The van der Waals surface area contributed by atoms with E-state index >= 15 is 0 Å². The van der Waals surface area contributed by atoms with E-state index in [4.69, 9.17) is 4.74 Å². The van der Waals surface area contributed by atoms with Crippen molar-refractivity contribution in [3.8, 4) is 0 Å². The minimum absolute atomic E-state index is 0. The standard InChI is InChI=1S/C21H36FN5O.HI/c1-4-11-26(5-2)12-10-24-21(23-3)25-17-20(27-13-15-28-16-14-27)18-6-8-19(22)9-7-18;/h6-9,20H,4-5,10-17H2,1-3H3,(H2,23,24,25);1H. The first kappa shape index (κ1) is 26.1. The first-order chi connectivity index (χ1) is 13.7. The number of nitrogens with one attached hydrogen (secondary N) is 2. The van der Waals surface area contributed by atoms with Crippen LogP contribution in [0.3, 0.4) is 0 Å². The molecule has 166 valence electrons. The van der Waals surface area contributed by atoms with Gasteiger partial charge in [-0.2, -0.15) is 0 Å². The lowest BCUT2D eigenvalue weighted by Gasteiger charge is -2.35. The van der Waals surface area contributed by atoms with Crippen LogP contribution in [0.1, 0.15) is 31.9 Å². The summed E-state index contributed by atoms with van der Waals surface area (Å²) in [6.45, 7) is 12.3. The van der Waals surface area contributed by atoms with Gasteiger partial charge in [0.2, 0.25) is 0 Å². The Bertz CT molecular complexity index is 581. The van der Waals surface area contributed by atoms with Gasteiger partial charge in [0.15, 0.2) is 5.96 Å². The van der Waals surface area contributed by atoms with Crippen LogP contribution in [0.2, 0.25) is 0 Å². The molecule has 6 nitrogen and oxygen atoms in total. The van der Waals surface area contributed by atoms with E-state index in [1.54, 1.807) is 7.05 Å². The van der Waals surface area contributed by atoms with E-state index in [1.807, 2.05) is 12.1 Å². The van der Waals surface area contributed by atoms with Crippen molar-refractivity contribution in [1.82, 2.24) is 20.4 Å². The Morgan fingerprint density at radius 2 is 1.86 bits per heavy atom. The lowest BCUT2D eigenvalue weighted by Crippen LogP contribution is -2.47. The van der Waals surface area contributed by atoms with Crippen LogP contribution in [0.5, 0.6) is 0 Å². The summed E-state index contributed by atoms with van der Waals surface area (Å²) in [6, 6.07) is 6.95. The summed E-state index contributed by atoms with van der Waals surface area (Å²) < 4.78 is 18.9. The summed E-state index contributed by atoms with van der Waals surface area (Å²) in [5.41, 5.74) is 1.10. The minimum Gasteiger partial charge on any atom is -0.379 e. The van der Waals surface area contributed by atoms with Gasteiger partial charge < -0.3 is 20.3 Å². The zero-order valence-electron chi connectivity index (χ0n) is 18.0. The molecule has 0 amide bonds. The molecule has 0 aromatic heterocycles. The smallest absolute Gasteiger partial charge is 0.191 e. The van der Waals surface area contributed by atoms with E-state index in [0.717, 1.165) is 64.0 Å². The van der Waals surface area contributed by atoms with Crippen molar-refractivity contribution in [1.29, 1.82) is 0 Å². The number of rotatable bonds is 10. The number of hydrogen-bond acceptors (Lipinski definition) is 4. The van der Waals surface area contributed by atoms with Gasteiger partial charge in [0, 0.05) is 39.8 Å². The van der Waals surface area contributed by atoms with Crippen LogP contribution in [-0.2, 0) is 4.74 Å². The molecule has 1 aromatic rings. The zero-order chi connectivity index (χ0) is 20.2. The molecule has 29 heavy (non-hydrogen) atoms. The molecule has 1 atom stereocenters. The predicted molar refractivity (Wildman–Crippen MR) is 129 cm³/mol. The highest BCUT2D eigenvalue weighted by molar-refractivity contribution is 14.0. The SMILES string of the molecule is CCCN(CC)CCNC(=NC)NCC(c1ccc(F)cc1)N1CCOCC1.I. The maximum Gasteiger partial charge on any atom is 0.191 e. The Hall–Kier alpha value is -0.970. The summed E-state index contributed by atoms with van der Waals surface area (Å²) in [6.07, 6.45) is 1.17. The van der Waals surface area contributed by atoms with Gasteiger partial charge in [-0.15, -0.1) is 24.0 Å². The van der Waals surface area contributed by atoms with Crippen molar-refractivity contribution in [3.05, 3.63) is 35.6 Å². The summed E-state index contributed by atoms with van der Waals surface area (Å²) in [5, 5.41) is 6.85. The third-order valence-electron chi connectivity index (χ3n) is 5.14. The molecule has 0 radical (unpaired) electrons. The fourth-order valence-electron chi connectivity index (χ4n) is 3.52.